The van der Waals surface area contributed by atoms with Crippen LogP contribution in [0, 0.1) is 0 Å². The van der Waals surface area contributed by atoms with Gasteiger partial charge in [0.2, 0.25) is 0 Å². The van der Waals surface area contributed by atoms with E-state index in [4.69, 9.17) is 11.6 Å². The molecule has 0 bridgehead atoms. The summed E-state index contributed by atoms with van der Waals surface area (Å²) in [5.41, 5.74) is 2.34. The summed E-state index contributed by atoms with van der Waals surface area (Å²) in [5.74, 6) is -0.112. The SMILES string of the molecule is CN(Cc1ccccc1)C(=O)c1cc2ccc(Cl)cn2n1. The van der Waals surface area contributed by atoms with E-state index in [0.717, 1.165) is 11.1 Å². The molecule has 3 aromatic rings. The minimum absolute atomic E-state index is 0.112. The summed E-state index contributed by atoms with van der Waals surface area (Å²) in [4.78, 5) is 14.1. The topological polar surface area (TPSA) is 37.6 Å². The van der Waals surface area contributed by atoms with Crippen LogP contribution in [0.15, 0.2) is 54.7 Å². The van der Waals surface area contributed by atoms with Gasteiger partial charge < -0.3 is 4.90 Å². The highest BCUT2D eigenvalue weighted by molar-refractivity contribution is 6.30. The lowest BCUT2D eigenvalue weighted by Gasteiger charge is -2.15. The molecule has 0 aliphatic carbocycles. The van der Waals surface area contributed by atoms with Crippen molar-refractivity contribution >= 4 is 23.0 Å². The number of hydrogen-bond donors (Lipinski definition) is 0. The fraction of sp³-hybridized carbons (Fsp3) is 0.125. The van der Waals surface area contributed by atoms with Crippen molar-refractivity contribution in [2.75, 3.05) is 7.05 Å². The Morgan fingerprint density at radius 2 is 2.00 bits per heavy atom. The summed E-state index contributed by atoms with van der Waals surface area (Å²) in [6.45, 7) is 0.550. The number of halogens is 1. The summed E-state index contributed by atoms with van der Waals surface area (Å²) >= 11 is 5.92. The monoisotopic (exact) mass is 299 g/mol. The number of nitrogens with zero attached hydrogens (tertiary/aromatic N) is 3. The van der Waals surface area contributed by atoms with Gasteiger partial charge in [-0.1, -0.05) is 41.9 Å². The second-order valence-corrected chi connectivity index (χ2v) is 5.33. The van der Waals surface area contributed by atoms with E-state index in [9.17, 15) is 4.79 Å². The van der Waals surface area contributed by atoms with E-state index in [1.54, 1.807) is 34.8 Å². The first-order valence-corrected chi connectivity index (χ1v) is 6.95. The zero-order valence-electron chi connectivity index (χ0n) is 11.5. The Labute approximate surface area is 127 Å². The van der Waals surface area contributed by atoms with Gasteiger partial charge in [0.25, 0.3) is 5.91 Å². The van der Waals surface area contributed by atoms with Gasteiger partial charge in [-0.25, -0.2) is 4.52 Å². The van der Waals surface area contributed by atoms with Crippen molar-refractivity contribution in [2.45, 2.75) is 6.54 Å². The molecule has 1 amide bonds. The third-order valence-corrected chi connectivity index (χ3v) is 3.48. The predicted octanol–water partition coefficient (Wildman–Crippen LogP) is 3.26. The summed E-state index contributed by atoms with van der Waals surface area (Å²) in [5, 5.41) is 4.86. The summed E-state index contributed by atoms with van der Waals surface area (Å²) in [6.07, 6.45) is 1.69. The average molecular weight is 300 g/mol. The van der Waals surface area contributed by atoms with E-state index in [2.05, 4.69) is 5.10 Å². The van der Waals surface area contributed by atoms with Crippen LogP contribution in [0.25, 0.3) is 5.52 Å². The van der Waals surface area contributed by atoms with E-state index in [1.165, 1.54) is 0 Å². The number of carbonyl (C=O) groups is 1. The molecule has 4 nitrogen and oxygen atoms in total. The largest absolute Gasteiger partial charge is 0.336 e. The first kappa shape index (κ1) is 13.6. The van der Waals surface area contributed by atoms with Crippen molar-refractivity contribution in [1.82, 2.24) is 14.5 Å². The molecule has 106 valence electrons. The summed E-state index contributed by atoms with van der Waals surface area (Å²) in [6, 6.07) is 15.2. The Bertz CT molecular complexity index is 783. The molecule has 0 unspecified atom stereocenters. The minimum Gasteiger partial charge on any atom is -0.336 e. The first-order chi connectivity index (χ1) is 10.1. The Kier molecular flexibility index (Phi) is 3.62. The number of fused-ring (bicyclic) bond motifs is 1. The van der Waals surface area contributed by atoms with Crippen molar-refractivity contribution in [1.29, 1.82) is 0 Å². The molecule has 2 heterocycles. The van der Waals surface area contributed by atoms with Crippen LogP contribution in [-0.4, -0.2) is 27.5 Å². The number of rotatable bonds is 3. The van der Waals surface area contributed by atoms with Crippen molar-refractivity contribution in [3.8, 4) is 0 Å². The quantitative estimate of drug-likeness (QED) is 0.744. The van der Waals surface area contributed by atoms with E-state index in [0.29, 0.717) is 17.3 Å². The number of hydrogen-bond acceptors (Lipinski definition) is 2. The Morgan fingerprint density at radius 3 is 2.76 bits per heavy atom. The van der Waals surface area contributed by atoms with E-state index < -0.39 is 0 Å². The van der Waals surface area contributed by atoms with Crippen molar-refractivity contribution in [3.63, 3.8) is 0 Å². The van der Waals surface area contributed by atoms with Gasteiger partial charge >= 0.3 is 0 Å². The van der Waals surface area contributed by atoms with Crippen molar-refractivity contribution in [2.24, 2.45) is 0 Å². The van der Waals surface area contributed by atoms with E-state index in [-0.39, 0.29) is 5.91 Å². The molecule has 0 saturated carbocycles. The second kappa shape index (κ2) is 5.58. The van der Waals surface area contributed by atoms with Crippen LogP contribution in [-0.2, 0) is 6.54 Å². The van der Waals surface area contributed by atoms with Crippen molar-refractivity contribution < 1.29 is 4.79 Å². The maximum Gasteiger partial charge on any atom is 0.274 e. The highest BCUT2D eigenvalue weighted by Crippen LogP contribution is 2.14. The second-order valence-electron chi connectivity index (χ2n) is 4.89. The highest BCUT2D eigenvalue weighted by Gasteiger charge is 2.15. The fourth-order valence-electron chi connectivity index (χ4n) is 2.19. The number of carbonyl (C=O) groups excluding carboxylic acids is 1. The van der Waals surface area contributed by atoms with E-state index in [1.807, 2.05) is 36.4 Å². The number of pyridine rings is 1. The molecular weight excluding hydrogens is 286 g/mol. The molecule has 0 spiro atoms. The third-order valence-electron chi connectivity index (χ3n) is 3.25. The maximum atomic E-state index is 12.4. The van der Waals surface area contributed by atoms with Crippen LogP contribution in [0.5, 0.6) is 0 Å². The molecule has 0 radical (unpaired) electrons. The molecular formula is C16H14ClN3O. The molecule has 0 aliphatic rings. The average Bonchev–Trinajstić information content (AvgIpc) is 2.90. The van der Waals surface area contributed by atoms with Crippen LogP contribution >= 0.6 is 11.6 Å². The molecule has 1 aromatic carbocycles. The molecule has 0 N–H and O–H groups in total. The van der Waals surface area contributed by atoms with Gasteiger partial charge in [-0.3, -0.25) is 4.79 Å². The zero-order valence-corrected chi connectivity index (χ0v) is 12.3. The van der Waals surface area contributed by atoms with Gasteiger partial charge in [0, 0.05) is 19.8 Å². The summed E-state index contributed by atoms with van der Waals surface area (Å²) < 4.78 is 1.62. The fourth-order valence-corrected chi connectivity index (χ4v) is 2.35. The first-order valence-electron chi connectivity index (χ1n) is 6.58. The lowest BCUT2D eigenvalue weighted by atomic mass is 10.2. The van der Waals surface area contributed by atoms with Gasteiger partial charge in [-0.15, -0.1) is 0 Å². The number of benzene rings is 1. The predicted molar refractivity (Wildman–Crippen MR) is 82.4 cm³/mol. The Balaban J connectivity index is 1.82. The number of amides is 1. The van der Waals surface area contributed by atoms with Gasteiger partial charge in [0.1, 0.15) is 0 Å². The van der Waals surface area contributed by atoms with Crippen molar-refractivity contribution in [3.05, 3.63) is 71.0 Å². The molecule has 0 atom stereocenters. The zero-order chi connectivity index (χ0) is 14.8. The molecule has 2 aromatic heterocycles. The van der Waals surface area contributed by atoms with Gasteiger partial charge in [-0.2, -0.15) is 5.10 Å². The third kappa shape index (κ3) is 2.90. The Morgan fingerprint density at radius 1 is 1.24 bits per heavy atom. The number of aromatic nitrogens is 2. The minimum atomic E-state index is -0.112. The van der Waals surface area contributed by atoms with Gasteiger partial charge in [-0.05, 0) is 23.8 Å². The van der Waals surface area contributed by atoms with E-state index >= 15 is 0 Å². The van der Waals surface area contributed by atoms with Crippen LogP contribution in [0.2, 0.25) is 5.02 Å². The van der Waals surface area contributed by atoms with Crippen LogP contribution in [0.4, 0.5) is 0 Å². The maximum absolute atomic E-state index is 12.4. The molecule has 0 fully saturated rings. The highest BCUT2D eigenvalue weighted by atomic mass is 35.5. The van der Waals surface area contributed by atoms with Crippen LogP contribution in [0.1, 0.15) is 16.1 Å². The lowest BCUT2D eigenvalue weighted by Crippen LogP contribution is -2.26. The Hall–Kier alpha value is -2.33. The van der Waals surface area contributed by atoms with Gasteiger partial charge in [0.05, 0.1) is 10.5 Å². The lowest BCUT2D eigenvalue weighted by molar-refractivity contribution is 0.0779. The molecule has 0 saturated heterocycles. The molecule has 21 heavy (non-hydrogen) atoms. The van der Waals surface area contributed by atoms with Crippen LogP contribution < -0.4 is 0 Å². The molecule has 5 heteroatoms. The standard InChI is InChI=1S/C16H14ClN3O/c1-19(10-12-5-3-2-4-6-12)16(21)15-9-14-8-7-13(17)11-20(14)18-15/h2-9,11H,10H2,1H3. The van der Waals surface area contributed by atoms with Crippen LogP contribution in [0.3, 0.4) is 0 Å². The molecule has 0 aliphatic heterocycles. The van der Waals surface area contributed by atoms with Gasteiger partial charge in [0.15, 0.2) is 5.69 Å². The molecule has 3 rings (SSSR count). The summed E-state index contributed by atoms with van der Waals surface area (Å²) in [7, 11) is 1.77. The normalized spacial score (nSPS) is 10.8. The smallest absolute Gasteiger partial charge is 0.274 e.